The summed E-state index contributed by atoms with van der Waals surface area (Å²) in [6.07, 6.45) is 0. The summed E-state index contributed by atoms with van der Waals surface area (Å²) in [6, 6.07) is 71.9. The van der Waals surface area contributed by atoms with E-state index in [0.717, 1.165) is 0 Å². The molecular weight excluding hydrogens is 709 g/mol. The van der Waals surface area contributed by atoms with Gasteiger partial charge in [0.1, 0.15) is 0 Å². The van der Waals surface area contributed by atoms with E-state index < -0.39 is 0 Å². The van der Waals surface area contributed by atoms with Crippen molar-refractivity contribution in [2.75, 3.05) is 0 Å². The predicted molar refractivity (Wildman–Crippen MR) is 246 cm³/mol. The lowest BCUT2D eigenvalue weighted by Gasteiger charge is -2.13. The monoisotopic (exact) mass is 740 g/mol. The number of nitrogens with zero attached hydrogens (tertiary/aromatic N) is 2. The number of benzene rings is 10. The second-order valence-electron chi connectivity index (χ2n) is 15.3. The van der Waals surface area contributed by atoms with Crippen molar-refractivity contribution in [1.82, 2.24) is 9.13 Å². The van der Waals surface area contributed by atoms with E-state index in [1.807, 2.05) is 11.3 Å². The topological polar surface area (TPSA) is 9.86 Å². The van der Waals surface area contributed by atoms with Gasteiger partial charge in [0, 0.05) is 53.1 Å². The van der Waals surface area contributed by atoms with E-state index in [2.05, 4.69) is 203 Å². The standard InChI is InChI=1S/C54H32N2S/c1-2-12-35(13-3-1)55-49-20-10-8-18-42(49)45-28-33(22-26-51(45)55)34-23-27-53-47(29-34)48-31-46-43-19-9-11-21-50(43)56(52(46)32-54(48)57-53)36-24-25-41-39-16-5-4-14-37(39)38-15-6-7-17-40(38)44(41)30-36/h1-32H. The molecule has 3 heteroatoms. The number of rotatable bonds is 3. The molecule has 3 aromatic heterocycles. The molecule has 0 saturated carbocycles. The van der Waals surface area contributed by atoms with Gasteiger partial charge in [0.25, 0.3) is 0 Å². The van der Waals surface area contributed by atoms with Crippen molar-refractivity contribution in [1.29, 1.82) is 0 Å². The van der Waals surface area contributed by atoms with E-state index in [1.165, 1.54) is 119 Å². The summed E-state index contributed by atoms with van der Waals surface area (Å²) in [6.45, 7) is 0. The fourth-order valence-corrected chi connectivity index (χ4v) is 10.8. The summed E-state index contributed by atoms with van der Waals surface area (Å²) in [5, 5.41) is 15.5. The van der Waals surface area contributed by atoms with Crippen LogP contribution in [0.3, 0.4) is 0 Å². The van der Waals surface area contributed by atoms with Crippen LogP contribution in [0.2, 0.25) is 0 Å². The molecule has 0 aliphatic rings. The number of hydrogen-bond donors (Lipinski definition) is 0. The van der Waals surface area contributed by atoms with Crippen LogP contribution in [0.15, 0.2) is 194 Å². The van der Waals surface area contributed by atoms with Crippen LogP contribution in [0.4, 0.5) is 0 Å². The molecule has 0 unspecified atom stereocenters. The molecule has 2 nitrogen and oxygen atoms in total. The zero-order valence-electron chi connectivity index (χ0n) is 30.8. The second-order valence-corrected chi connectivity index (χ2v) is 16.4. The van der Waals surface area contributed by atoms with Crippen LogP contribution in [0, 0.1) is 0 Å². The van der Waals surface area contributed by atoms with Gasteiger partial charge in [-0.15, -0.1) is 11.3 Å². The smallest absolute Gasteiger partial charge is 0.0555 e. The van der Waals surface area contributed by atoms with Gasteiger partial charge in [-0.3, -0.25) is 0 Å². The lowest BCUT2D eigenvalue weighted by molar-refractivity contribution is 1.18. The number of hydrogen-bond acceptors (Lipinski definition) is 1. The molecule has 0 amide bonds. The summed E-state index contributed by atoms with van der Waals surface area (Å²) in [5.41, 5.74) is 9.73. The van der Waals surface area contributed by atoms with Crippen LogP contribution in [0.1, 0.15) is 0 Å². The van der Waals surface area contributed by atoms with E-state index in [9.17, 15) is 0 Å². The highest BCUT2D eigenvalue weighted by Crippen LogP contribution is 2.44. The third-order valence-electron chi connectivity index (χ3n) is 12.3. The quantitative estimate of drug-likeness (QED) is 0.160. The van der Waals surface area contributed by atoms with Crippen molar-refractivity contribution < 1.29 is 0 Å². The van der Waals surface area contributed by atoms with Crippen LogP contribution in [0.5, 0.6) is 0 Å². The normalized spacial score (nSPS) is 12.2. The first-order valence-electron chi connectivity index (χ1n) is 19.6. The van der Waals surface area contributed by atoms with Crippen LogP contribution < -0.4 is 0 Å². The van der Waals surface area contributed by atoms with Crippen molar-refractivity contribution in [3.05, 3.63) is 194 Å². The molecule has 0 aliphatic heterocycles. The molecule has 0 saturated heterocycles. The molecule has 0 fully saturated rings. The van der Waals surface area contributed by atoms with Crippen molar-refractivity contribution in [2.24, 2.45) is 0 Å². The molecule has 0 atom stereocenters. The minimum Gasteiger partial charge on any atom is -0.309 e. The Morgan fingerprint density at radius 1 is 0.246 bits per heavy atom. The Morgan fingerprint density at radius 2 is 0.737 bits per heavy atom. The Balaban J connectivity index is 1.01. The molecule has 0 N–H and O–H groups in total. The van der Waals surface area contributed by atoms with Gasteiger partial charge < -0.3 is 9.13 Å². The molecule has 264 valence electrons. The summed E-state index contributed by atoms with van der Waals surface area (Å²) in [5.74, 6) is 0. The number of para-hydroxylation sites is 3. The summed E-state index contributed by atoms with van der Waals surface area (Å²) in [7, 11) is 0. The van der Waals surface area contributed by atoms with Crippen LogP contribution >= 0.6 is 11.3 Å². The fraction of sp³-hybridized carbons (Fsp3) is 0. The van der Waals surface area contributed by atoms with Crippen molar-refractivity contribution in [3.63, 3.8) is 0 Å². The minimum atomic E-state index is 1.18. The third kappa shape index (κ3) is 4.40. The molecule has 0 spiro atoms. The largest absolute Gasteiger partial charge is 0.309 e. The van der Waals surface area contributed by atoms with Crippen LogP contribution in [0.25, 0.3) is 119 Å². The first-order chi connectivity index (χ1) is 28.3. The molecule has 13 aromatic rings. The molecule has 0 aliphatic carbocycles. The highest BCUT2D eigenvalue weighted by Gasteiger charge is 2.18. The Kier molecular flexibility index (Phi) is 6.35. The van der Waals surface area contributed by atoms with Gasteiger partial charge in [-0.2, -0.15) is 0 Å². The Hall–Kier alpha value is -7.20. The van der Waals surface area contributed by atoms with Crippen molar-refractivity contribution in [2.45, 2.75) is 0 Å². The molecule has 3 heterocycles. The highest BCUT2D eigenvalue weighted by molar-refractivity contribution is 7.25. The van der Waals surface area contributed by atoms with E-state index in [1.54, 1.807) is 0 Å². The SMILES string of the molecule is c1ccc(-n2c3ccccc3c3cc(-c4ccc5sc6cc7c(cc6c5c4)c4ccccc4n7-c4ccc5c6ccccc6c6ccccc6c5c4)ccc32)cc1. The summed E-state index contributed by atoms with van der Waals surface area (Å²) >= 11 is 1.89. The van der Waals surface area contributed by atoms with Gasteiger partial charge in [-0.25, -0.2) is 0 Å². The third-order valence-corrected chi connectivity index (χ3v) is 13.4. The van der Waals surface area contributed by atoms with E-state index in [4.69, 9.17) is 0 Å². The van der Waals surface area contributed by atoms with Gasteiger partial charge >= 0.3 is 0 Å². The first kappa shape index (κ1) is 31.1. The average Bonchev–Trinajstić information content (AvgIpc) is 3.92. The Bertz CT molecular complexity index is 3770. The lowest BCUT2D eigenvalue weighted by atomic mass is 9.94. The molecular formula is C54H32N2S. The van der Waals surface area contributed by atoms with E-state index in [0.29, 0.717) is 0 Å². The Labute approximate surface area is 331 Å². The second kappa shape index (κ2) is 11.7. The maximum atomic E-state index is 2.48. The summed E-state index contributed by atoms with van der Waals surface area (Å²) in [4.78, 5) is 0. The zero-order valence-corrected chi connectivity index (χ0v) is 31.6. The van der Waals surface area contributed by atoms with Gasteiger partial charge in [-0.1, -0.05) is 121 Å². The Morgan fingerprint density at radius 3 is 1.42 bits per heavy atom. The molecule has 0 bridgehead atoms. The summed E-state index contributed by atoms with van der Waals surface area (Å²) < 4.78 is 7.47. The van der Waals surface area contributed by atoms with E-state index in [-0.39, 0.29) is 0 Å². The average molecular weight is 741 g/mol. The van der Waals surface area contributed by atoms with E-state index >= 15 is 0 Å². The number of fused-ring (bicyclic) bond motifs is 15. The van der Waals surface area contributed by atoms with Gasteiger partial charge in [0.15, 0.2) is 0 Å². The van der Waals surface area contributed by atoms with Crippen molar-refractivity contribution >= 4 is 107 Å². The molecule has 10 aromatic carbocycles. The van der Waals surface area contributed by atoms with Crippen LogP contribution in [-0.4, -0.2) is 9.13 Å². The number of thiophene rings is 1. The molecule has 13 rings (SSSR count). The first-order valence-corrected chi connectivity index (χ1v) is 20.4. The number of aromatic nitrogens is 2. The molecule has 57 heavy (non-hydrogen) atoms. The lowest BCUT2D eigenvalue weighted by Crippen LogP contribution is -1.94. The maximum absolute atomic E-state index is 2.48. The van der Waals surface area contributed by atoms with Gasteiger partial charge in [0.05, 0.1) is 22.1 Å². The highest BCUT2D eigenvalue weighted by atomic mass is 32.1. The molecule has 0 radical (unpaired) electrons. The zero-order chi connectivity index (χ0) is 37.2. The van der Waals surface area contributed by atoms with Crippen LogP contribution in [-0.2, 0) is 0 Å². The fourth-order valence-electron chi connectivity index (χ4n) is 9.74. The van der Waals surface area contributed by atoms with Gasteiger partial charge in [-0.05, 0) is 116 Å². The minimum absolute atomic E-state index is 1.18. The van der Waals surface area contributed by atoms with Gasteiger partial charge in [0.2, 0.25) is 0 Å². The van der Waals surface area contributed by atoms with Crippen molar-refractivity contribution in [3.8, 4) is 22.5 Å². The maximum Gasteiger partial charge on any atom is 0.0555 e. The predicted octanol–water partition coefficient (Wildman–Crippen LogP) is 15.4.